The fourth-order valence-electron chi connectivity index (χ4n) is 3.17. The van der Waals surface area contributed by atoms with E-state index in [-0.39, 0.29) is 22.9 Å². The molecule has 178 valence electrons. The van der Waals surface area contributed by atoms with Gasteiger partial charge in [-0.15, -0.1) is 0 Å². The highest BCUT2D eigenvalue weighted by Gasteiger charge is 2.25. The summed E-state index contributed by atoms with van der Waals surface area (Å²) < 4.78 is 14.4. The Morgan fingerprint density at radius 1 is 1.18 bits per heavy atom. The van der Waals surface area contributed by atoms with Crippen LogP contribution in [0.1, 0.15) is 42.6 Å². The van der Waals surface area contributed by atoms with Crippen LogP contribution in [0.3, 0.4) is 0 Å². The third kappa shape index (κ3) is 5.64. The third-order valence-corrected chi connectivity index (χ3v) is 5.24. The number of benzene rings is 1. The predicted molar refractivity (Wildman–Crippen MR) is 126 cm³/mol. The van der Waals surface area contributed by atoms with Crippen molar-refractivity contribution in [3.05, 3.63) is 64.8 Å². The molecule has 2 atom stereocenters. The zero-order valence-corrected chi connectivity index (χ0v) is 19.5. The molecule has 0 spiro atoms. The van der Waals surface area contributed by atoms with Crippen molar-refractivity contribution in [2.24, 2.45) is 5.73 Å². The highest BCUT2D eigenvalue weighted by atomic mass is 35.5. The van der Waals surface area contributed by atoms with Gasteiger partial charge in [0, 0.05) is 29.2 Å². The fraction of sp³-hybridized carbons (Fsp3) is 0.261. The SMILES string of the molecule is CC(C)c1cnc(-c2cc(Cl)ccc2F)nc1Nc1ccncc1C(=O)NC(C(N)=O)C(C)O. The van der Waals surface area contributed by atoms with Crippen LogP contribution in [0.4, 0.5) is 15.9 Å². The van der Waals surface area contributed by atoms with Gasteiger partial charge >= 0.3 is 0 Å². The van der Waals surface area contributed by atoms with E-state index in [1.54, 1.807) is 12.3 Å². The van der Waals surface area contributed by atoms with Gasteiger partial charge in [0.1, 0.15) is 17.7 Å². The highest BCUT2D eigenvalue weighted by molar-refractivity contribution is 6.30. The van der Waals surface area contributed by atoms with Gasteiger partial charge in [0.15, 0.2) is 5.82 Å². The molecule has 2 unspecified atom stereocenters. The summed E-state index contributed by atoms with van der Waals surface area (Å²) in [6, 6.07) is 4.34. The van der Waals surface area contributed by atoms with Crippen LogP contribution in [0.2, 0.25) is 5.02 Å². The zero-order valence-electron chi connectivity index (χ0n) is 18.7. The number of nitrogens with two attached hydrogens (primary N) is 1. The summed E-state index contributed by atoms with van der Waals surface area (Å²) in [6.07, 6.45) is 3.14. The predicted octanol–water partition coefficient (Wildman–Crippen LogP) is 3.16. The number of hydrogen-bond acceptors (Lipinski definition) is 7. The first-order valence-electron chi connectivity index (χ1n) is 10.4. The molecule has 0 saturated heterocycles. The maximum Gasteiger partial charge on any atom is 0.255 e. The smallest absolute Gasteiger partial charge is 0.255 e. The maximum absolute atomic E-state index is 14.4. The van der Waals surface area contributed by atoms with Gasteiger partial charge in [-0.2, -0.15) is 0 Å². The summed E-state index contributed by atoms with van der Waals surface area (Å²) in [4.78, 5) is 37.2. The van der Waals surface area contributed by atoms with Crippen LogP contribution in [0.25, 0.3) is 11.4 Å². The van der Waals surface area contributed by atoms with E-state index in [0.717, 1.165) is 0 Å². The number of carbonyl (C=O) groups is 2. The van der Waals surface area contributed by atoms with E-state index in [1.165, 1.54) is 37.5 Å². The Bertz CT molecular complexity index is 1220. The Balaban J connectivity index is 2.02. The molecule has 0 radical (unpaired) electrons. The molecule has 0 aliphatic rings. The molecule has 0 aliphatic heterocycles. The first kappa shape index (κ1) is 25.0. The summed E-state index contributed by atoms with van der Waals surface area (Å²) in [6.45, 7) is 5.21. The molecule has 11 heteroatoms. The van der Waals surface area contributed by atoms with E-state index in [0.29, 0.717) is 22.1 Å². The van der Waals surface area contributed by atoms with Gasteiger partial charge in [0.05, 0.1) is 22.9 Å². The molecule has 34 heavy (non-hydrogen) atoms. The van der Waals surface area contributed by atoms with Crippen molar-refractivity contribution in [3.8, 4) is 11.4 Å². The van der Waals surface area contributed by atoms with E-state index in [4.69, 9.17) is 17.3 Å². The molecular formula is C23H24ClFN6O3. The van der Waals surface area contributed by atoms with Gasteiger partial charge in [-0.05, 0) is 37.1 Å². The number of primary amides is 1. The Labute approximate surface area is 200 Å². The number of halogens is 2. The van der Waals surface area contributed by atoms with Gasteiger partial charge < -0.3 is 21.5 Å². The summed E-state index contributed by atoms with van der Waals surface area (Å²) in [5.74, 6) is -1.65. The maximum atomic E-state index is 14.4. The quantitative estimate of drug-likeness (QED) is 0.383. The number of nitrogens with one attached hydrogen (secondary N) is 2. The van der Waals surface area contributed by atoms with Gasteiger partial charge in [0.2, 0.25) is 5.91 Å². The molecule has 2 amide bonds. The number of aliphatic hydroxyl groups is 1. The van der Waals surface area contributed by atoms with Crippen LogP contribution in [-0.2, 0) is 4.79 Å². The number of aliphatic hydroxyl groups excluding tert-OH is 1. The lowest BCUT2D eigenvalue weighted by Gasteiger charge is -2.20. The highest BCUT2D eigenvalue weighted by Crippen LogP contribution is 2.30. The molecule has 2 heterocycles. The minimum atomic E-state index is -1.29. The molecule has 1 aromatic carbocycles. The minimum Gasteiger partial charge on any atom is -0.391 e. The molecular weight excluding hydrogens is 463 g/mol. The van der Waals surface area contributed by atoms with E-state index in [2.05, 4.69) is 25.6 Å². The van der Waals surface area contributed by atoms with E-state index in [9.17, 15) is 19.1 Å². The lowest BCUT2D eigenvalue weighted by molar-refractivity contribution is -0.122. The summed E-state index contributed by atoms with van der Waals surface area (Å²) in [5, 5.41) is 15.6. The van der Waals surface area contributed by atoms with Crippen molar-refractivity contribution in [2.45, 2.75) is 38.8 Å². The lowest BCUT2D eigenvalue weighted by Crippen LogP contribution is -2.50. The number of hydrogen-bond donors (Lipinski definition) is 4. The largest absolute Gasteiger partial charge is 0.391 e. The van der Waals surface area contributed by atoms with Crippen LogP contribution in [-0.4, -0.2) is 44.0 Å². The Kier molecular flexibility index (Phi) is 7.75. The zero-order chi connectivity index (χ0) is 25.0. The number of rotatable bonds is 8. The van der Waals surface area contributed by atoms with Crippen LogP contribution in [0.15, 0.2) is 42.9 Å². The van der Waals surface area contributed by atoms with Crippen molar-refractivity contribution < 1.29 is 19.1 Å². The molecule has 0 bridgehead atoms. The van der Waals surface area contributed by atoms with Gasteiger partial charge in [-0.3, -0.25) is 14.6 Å². The van der Waals surface area contributed by atoms with E-state index < -0.39 is 29.8 Å². The second kappa shape index (κ2) is 10.5. The van der Waals surface area contributed by atoms with Crippen LogP contribution >= 0.6 is 11.6 Å². The van der Waals surface area contributed by atoms with Crippen molar-refractivity contribution in [1.29, 1.82) is 0 Å². The molecule has 0 saturated carbocycles. The molecule has 3 aromatic rings. The number of nitrogens with zero attached hydrogens (tertiary/aromatic N) is 3. The average molecular weight is 487 g/mol. The first-order valence-corrected chi connectivity index (χ1v) is 10.8. The topological polar surface area (TPSA) is 143 Å². The number of pyridine rings is 1. The van der Waals surface area contributed by atoms with Gasteiger partial charge in [-0.25, -0.2) is 14.4 Å². The Morgan fingerprint density at radius 3 is 2.56 bits per heavy atom. The minimum absolute atomic E-state index is 0.00523. The Morgan fingerprint density at radius 2 is 1.91 bits per heavy atom. The van der Waals surface area contributed by atoms with Gasteiger partial charge in [0.25, 0.3) is 5.91 Å². The molecule has 0 fully saturated rings. The average Bonchev–Trinajstić information content (AvgIpc) is 2.78. The van der Waals surface area contributed by atoms with Crippen molar-refractivity contribution in [2.75, 3.05) is 5.32 Å². The standard InChI is InChI=1S/C23H24ClFN6O3/c1-11(2)15-10-28-21(14-8-13(24)4-5-17(14)25)31-22(15)29-18-6-7-27-9-16(18)23(34)30-19(12(3)32)20(26)33/h4-12,19,32H,1-3H3,(H2,26,33)(H,30,34)(H,27,28,29,31). The molecule has 3 rings (SSSR count). The monoisotopic (exact) mass is 486 g/mol. The third-order valence-electron chi connectivity index (χ3n) is 5.00. The lowest BCUT2D eigenvalue weighted by atomic mass is 10.1. The molecule has 9 nitrogen and oxygen atoms in total. The number of carbonyl (C=O) groups excluding carboxylic acids is 2. The fourth-order valence-corrected chi connectivity index (χ4v) is 3.34. The number of aromatic nitrogens is 3. The molecule has 2 aromatic heterocycles. The number of amides is 2. The van der Waals surface area contributed by atoms with Crippen LogP contribution < -0.4 is 16.4 Å². The summed E-state index contributed by atoms with van der Waals surface area (Å²) >= 11 is 6.02. The first-order chi connectivity index (χ1) is 16.1. The van der Waals surface area contributed by atoms with Crippen LogP contribution in [0, 0.1) is 5.82 Å². The summed E-state index contributed by atoms with van der Waals surface area (Å²) in [5.41, 5.74) is 6.51. The van der Waals surface area contributed by atoms with Gasteiger partial charge in [-0.1, -0.05) is 25.4 Å². The normalized spacial score (nSPS) is 12.8. The van der Waals surface area contributed by atoms with Crippen molar-refractivity contribution >= 4 is 34.9 Å². The van der Waals surface area contributed by atoms with Crippen molar-refractivity contribution in [1.82, 2.24) is 20.3 Å². The molecule has 5 N–H and O–H groups in total. The van der Waals surface area contributed by atoms with E-state index in [1.807, 2.05) is 13.8 Å². The van der Waals surface area contributed by atoms with E-state index >= 15 is 0 Å². The second-order valence-corrected chi connectivity index (χ2v) is 8.35. The summed E-state index contributed by atoms with van der Waals surface area (Å²) in [7, 11) is 0. The second-order valence-electron chi connectivity index (χ2n) is 7.92. The molecule has 0 aliphatic carbocycles. The number of anilines is 2. The van der Waals surface area contributed by atoms with Crippen LogP contribution in [0.5, 0.6) is 0 Å². The van der Waals surface area contributed by atoms with Crippen molar-refractivity contribution in [3.63, 3.8) is 0 Å². The Hall–Kier alpha value is -3.63.